The number of carbonyl (C=O) groups excluding carboxylic acids is 1. The van der Waals surface area contributed by atoms with E-state index in [4.69, 9.17) is 21.2 Å². The first-order valence-corrected chi connectivity index (χ1v) is 8.01. The van der Waals surface area contributed by atoms with Crippen LogP contribution < -0.4 is 16.9 Å². The van der Waals surface area contributed by atoms with E-state index in [-0.39, 0.29) is 30.4 Å². The van der Waals surface area contributed by atoms with Crippen molar-refractivity contribution in [1.29, 1.82) is 0 Å². The van der Waals surface area contributed by atoms with Gasteiger partial charge in [0, 0.05) is 29.9 Å². The van der Waals surface area contributed by atoms with Gasteiger partial charge in [0.15, 0.2) is 0 Å². The number of aliphatic hydroxyl groups is 1. The van der Waals surface area contributed by atoms with E-state index in [1.165, 1.54) is 11.2 Å². The van der Waals surface area contributed by atoms with Gasteiger partial charge in [-0.3, -0.25) is 4.79 Å². The van der Waals surface area contributed by atoms with Crippen molar-refractivity contribution in [2.75, 3.05) is 6.61 Å². The predicted octanol–water partition coefficient (Wildman–Crippen LogP) is 0.571. The Morgan fingerprint density at radius 2 is 2.12 bits per heavy atom. The Kier molecular flexibility index (Phi) is 5.01. The average molecular weight is 343 g/mol. The molecule has 1 aromatic carbocycles. The molecule has 0 bridgehead atoms. The highest BCUT2D eigenvalue weighted by Crippen LogP contribution is 2.26. The summed E-state index contributed by atoms with van der Waals surface area (Å²) in [5.74, 6) is 5.76. The maximum Gasteiger partial charge on any atom is 0.290 e. The molecule has 1 fully saturated rings. The maximum absolute atomic E-state index is 12.3. The normalized spacial score (nSPS) is 20.0. The summed E-state index contributed by atoms with van der Waals surface area (Å²) in [6.07, 6.45) is 2.62. The summed E-state index contributed by atoms with van der Waals surface area (Å²) in [5, 5.41) is 17.4. The van der Waals surface area contributed by atoms with Crippen LogP contribution in [-0.4, -0.2) is 39.9 Å². The molecule has 1 heterocycles. The number of aromatic nitrogens is 1. The molecule has 0 aliphatic heterocycles. The lowest BCUT2D eigenvalue weighted by atomic mass is 9.86. The van der Waals surface area contributed by atoms with Crippen LogP contribution in [0, 0.1) is 0 Å². The largest absolute Gasteiger partial charge is 0.403 e. The Balaban J connectivity index is 1.54. The molecule has 25 heavy (non-hydrogen) atoms. The number of hydrazine groups is 1. The number of nitrogens with two attached hydrogens (primary N) is 2. The van der Waals surface area contributed by atoms with Crippen molar-refractivity contribution >= 4 is 5.91 Å². The highest BCUT2D eigenvalue weighted by Gasteiger charge is 2.35. The molecule has 0 atom stereocenters. The second-order valence-electron chi connectivity index (χ2n) is 5.96. The number of hydrogen-bond donors (Lipinski definition) is 4. The molecule has 1 aliphatic carbocycles. The number of hydrogen-bond acceptors (Lipinski definition) is 7. The molecule has 0 saturated heterocycles. The van der Waals surface area contributed by atoms with Crippen LogP contribution in [0.3, 0.4) is 0 Å². The summed E-state index contributed by atoms with van der Waals surface area (Å²) >= 11 is 0. The fourth-order valence-electron chi connectivity index (χ4n) is 2.77. The third-order valence-corrected chi connectivity index (χ3v) is 4.33. The van der Waals surface area contributed by atoms with Gasteiger partial charge in [0.1, 0.15) is 5.69 Å². The van der Waals surface area contributed by atoms with Crippen molar-refractivity contribution in [2.24, 2.45) is 11.6 Å². The van der Waals surface area contributed by atoms with Crippen LogP contribution in [0.1, 0.15) is 23.4 Å². The summed E-state index contributed by atoms with van der Waals surface area (Å²) in [4.78, 5) is 12.3. The summed E-state index contributed by atoms with van der Waals surface area (Å²) < 4.78 is 5.14. The van der Waals surface area contributed by atoms with Crippen LogP contribution in [0.15, 0.2) is 52.8 Å². The zero-order valence-electron chi connectivity index (χ0n) is 13.6. The van der Waals surface area contributed by atoms with Crippen molar-refractivity contribution in [3.05, 3.63) is 54.1 Å². The molecular weight excluding hydrogens is 322 g/mol. The molecule has 6 N–H and O–H groups in total. The number of nitrogens with zero attached hydrogens (tertiary/aromatic N) is 2. The molecule has 1 saturated carbocycles. The van der Waals surface area contributed by atoms with E-state index in [1.54, 1.807) is 6.07 Å². The highest BCUT2D eigenvalue weighted by atomic mass is 16.5. The lowest BCUT2D eigenvalue weighted by Crippen LogP contribution is -2.56. The lowest BCUT2D eigenvalue weighted by Gasteiger charge is -2.42. The van der Waals surface area contributed by atoms with E-state index in [0.29, 0.717) is 24.2 Å². The Morgan fingerprint density at radius 1 is 1.40 bits per heavy atom. The Bertz CT molecular complexity index is 753. The smallest absolute Gasteiger partial charge is 0.290 e. The summed E-state index contributed by atoms with van der Waals surface area (Å²) in [6, 6.07) is 11.1. The van der Waals surface area contributed by atoms with E-state index < -0.39 is 0 Å². The monoisotopic (exact) mass is 343 g/mol. The second kappa shape index (κ2) is 7.37. The van der Waals surface area contributed by atoms with Crippen LogP contribution in [0.4, 0.5) is 0 Å². The highest BCUT2D eigenvalue weighted by molar-refractivity contribution is 5.92. The summed E-state index contributed by atoms with van der Waals surface area (Å²) in [6.45, 7) is -0.221. The van der Waals surface area contributed by atoms with Crippen molar-refractivity contribution in [2.45, 2.75) is 24.9 Å². The first kappa shape index (κ1) is 17.0. The maximum atomic E-state index is 12.3. The lowest BCUT2D eigenvalue weighted by molar-refractivity contribution is 0.0777. The van der Waals surface area contributed by atoms with Gasteiger partial charge in [0.25, 0.3) is 5.91 Å². The van der Waals surface area contributed by atoms with E-state index in [9.17, 15) is 4.79 Å². The van der Waals surface area contributed by atoms with Gasteiger partial charge in [-0.25, -0.2) is 5.84 Å². The molecule has 1 aliphatic rings. The first-order chi connectivity index (χ1) is 12.1. The van der Waals surface area contributed by atoms with Gasteiger partial charge >= 0.3 is 0 Å². The van der Waals surface area contributed by atoms with Crippen LogP contribution in [0.2, 0.25) is 0 Å². The molecule has 1 aromatic heterocycles. The molecule has 8 heteroatoms. The third-order valence-electron chi connectivity index (χ3n) is 4.33. The Morgan fingerprint density at radius 3 is 2.76 bits per heavy atom. The van der Waals surface area contributed by atoms with E-state index in [0.717, 1.165) is 5.56 Å². The number of amides is 1. The Labute approximate surface area is 145 Å². The van der Waals surface area contributed by atoms with Gasteiger partial charge < -0.3 is 25.7 Å². The van der Waals surface area contributed by atoms with Gasteiger partial charge in [-0.05, 0) is 12.8 Å². The minimum Gasteiger partial charge on any atom is -0.403 e. The Hall–Kier alpha value is -2.84. The number of benzene rings is 1. The number of nitrogens with one attached hydrogen (secondary N) is 1. The van der Waals surface area contributed by atoms with Gasteiger partial charge in [-0.1, -0.05) is 35.5 Å². The van der Waals surface area contributed by atoms with Crippen LogP contribution in [-0.2, 0) is 0 Å². The van der Waals surface area contributed by atoms with Crippen molar-refractivity contribution in [3.63, 3.8) is 0 Å². The average Bonchev–Trinajstić information content (AvgIpc) is 3.09. The summed E-state index contributed by atoms with van der Waals surface area (Å²) in [7, 11) is 0. The number of rotatable bonds is 6. The molecule has 0 radical (unpaired) electrons. The fraction of sp³-hybridized carbons (Fsp3) is 0.294. The van der Waals surface area contributed by atoms with Crippen molar-refractivity contribution in [3.8, 4) is 11.3 Å². The predicted molar refractivity (Wildman–Crippen MR) is 91.6 cm³/mol. The quantitative estimate of drug-likeness (QED) is 0.445. The molecular formula is C17H21N5O3. The fourth-order valence-corrected chi connectivity index (χ4v) is 2.77. The SMILES string of the molecule is N/C=C(/CO)N(N)C1CC(NC(=O)c2cc(-c3ccccc3)no2)C1. The molecule has 132 valence electrons. The van der Waals surface area contributed by atoms with E-state index >= 15 is 0 Å². The standard InChI is InChI=1S/C17H21N5O3/c18-9-14(10-23)22(19)13-6-12(7-13)20-17(24)16-8-15(21-25-16)11-4-2-1-3-5-11/h1-5,8-9,12-13,23H,6-7,10,18-19H2,(H,20,24)/b14-9-. The van der Waals surface area contributed by atoms with Crippen LogP contribution in [0.25, 0.3) is 11.3 Å². The molecule has 0 spiro atoms. The first-order valence-electron chi connectivity index (χ1n) is 8.01. The van der Waals surface area contributed by atoms with Gasteiger partial charge in [0.2, 0.25) is 5.76 Å². The number of carbonyl (C=O) groups is 1. The minimum absolute atomic E-state index is 0.00783. The van der Waals surface area contributed by atoms with Crippen molar-refractivity contribution < 1.29 is 14.4 Å². The second-order valence-corrected chi connectivity index (χ2v) is 5.96. The number of aliphatic hydroxyl groups excluding tert-OH is 1. The van der Waals surface area contributed by atoms with Gasteiger partial charge in [-0.2, -0.15) is 0 Å². The molecule has 3 rings (SSSR count). The third kappa shape index (κ3) is 3.65. The van der Waals surface area contributed by atoms with E-state index in [1.807, 2.05) is 30.3 Å². The van der Waals surface area contributed by atoms with Crippen molar-refractivity contribution in [1.82, 2.24) is 15.5 Å². The van der Waals surface area contributed by atoms with Gasteiger partial charge in [0.05, 0.1) is 12.3 Å². The van der Waals surface area contributed by atoms with Crippen LogP contribution >= 0.6 is 0 Å². The zero-order chi connectivity index (χ0) is 17.8. The molecule has 0 unspecified atom stereocenters. The molecule has 2 aromatic rings. The van der Waals surface area contributed by atoms with Gasteiger partial charge in [-0.15, -0.1) is 0 Å². The molecule has 8 nitrogen and oxygen atoms in total. The minimum atomic E-state index is -0.307. The topological polar surface area (TPSA) is 131 Å². The van der Waals surface area contributed by atoms with E-state index in [2.05, 4.69) is 10.5 Å². The summed E-state index contributed by atoms with van der Waals surface area (Å²) in [5.41, 5.74) is 7.37. The van der Waals surface area contributed by atoms with Crippen LogP contribution in [0.5, 0.6) is 0 Å². The zero-order valence-corrected chi connectivity index (χ0v) is 13.6. The molecule has 1 amide bonds.